The van der Waals surface area contributed by atoms with Gasteiger partial charge in [0.15, 0.2) is 0 Å². The predicted octanol–water partition coefficient (Wildman–Crippen LogP) is 3.59. The second-order valence-electron chi connectivity index (χ2n) is 6.85. The molecule has 0 aromatic heterocycles. The highest BCUT2D eigenvalue weighted by Crippen LogP contribution is 2.39. The molecule has 2 aliphatic rings. The van der Waals surface area contributed by atoms with Crippen molar-refractivity contribution in [2.75, 3.05) is 26.2 Å². The fourth-order valence-corrected chi connectivity index (χ4v) is 3.82. The van der Waals surface area contributed by atoms with Gasteiger partial charge in [-0.2, -0.15) is 13.2 Å². The highest BCUT2D eigenvalue weighted by molar-refractivity contribution is 5.32. The molecule has 122 valence electrons. The van der Waals surface area contributed by atoms with Crippen LogP contribution in [0.1, 0.15) is 36.0 Å². The fourth-order valence-electron chi connectivity index (χ4n) is 3.82. The first kappa shape index (κ1) is 15.8. The average molecular weight is 312 g/mol. The van der Waals surface area contributed by atoms with Crippen molar-refractivity contribution in [3.05, 3.63) is 34.9 Å². The standard InChI is InChI=1S/C17H23F3N2/c1-13-10-15(17(18,19)20)3-2-14(13)11-22-9-6-16(12-22)4-7-21-8-5-16/h2-3,10,21H,4-9,11-12H2,1H3. The minimum Gasteiger partial charge on any atom is -0.317 e. The number of likely N-dealkylation sites (tertiary alicyclic amines) is 1. The van der Waals surface area contributed by atoms with Crippen LogP contribution >= 0.6 is 0 Å². The monoisotopic (exact) mass is 312 g/mol. The van der Waals surface area contributed by atoms with E-state index < -0.39 is 11.7 Å². The second-order valence-corrected chi connectivity index (χ2v) is 6.85. The summed E-state index contributed by atoms with van der Waals surface area (Å²) in [5.41, 5.74) is 1.63. The van der Waals surface area contributed by atoms with Crippen molar-refractivity contribution >= 4 is 0 Å². The summed E-state index contributed by atoms with van der Waals surface area (Å²) in [6.07, 6.45) is -0.602. The van der Waals surface area contributed by atoms with E-state index in [0.29, 0.717) is 5.41 Å². The van der Waals surface area contributed by atoms with Gasteiger partial charge in [0, 0.05) is 13.1 Å². The van der Waals surface area contributed by atoms with Crippen LogP contribution < -0.4 is 5.32 Å². The largest absolute Gasteiger partial charge is 0.416 e. The van der Waals surface area contributed by atoms with Gasteiger partial charge in [0.2, 0.25) is 0 Å². The minimum atomic E-state index is -4.25. The van der Waals surface area contributed by atoms with Crippen LogP contribution in [0.15, 0.2) is 18.2 Å². The normalized spacial score (nSPS) is 22.4. The Morgan fingerprint density at radius 1 is 1.18 bits per heavy atom. The Kier molecular flexibility index (Phi) is 4.21. The summed E-state index contributed by atoms with van der Waals surface area (Å²) >= 11 is 0. The quantitative estimate of drug-likeness (QED) is 0.898. The molecule has 0 bridgehead atoms. The van der Waals surface area contributed by atoms with E-state index in [1.807, 2.05) is 0 Å². The third-order valence-electron chi connectivity index (χ3n) is 5.25. The van der Waals surface area contributed by atoms with Gasteiger partial charge in [-0.25, -0.2) is 0 Å². The molecule has 2 nitrogen and oxygen atoms in total. The highest BCUT2D eigenvalue weighted by Gasteiger charge is 2.38. The van der Waals surface area contributed by atoms with Crippen molar-refractivity contribution in [2.45, 2.75) is 38.9 Å². The topological polar surface area (TPSA) is 15.3 Å². The molecule has 2 aliphatic heterocycles. The number of rotatable bonds is 2. The molecule has 0 amide bonds. The smallest absolute Gasteiger partial charge is 0.317 e. The van der Waals surface area contributed by atoms with Gasteiger partial charge in [-0.15, -0.1) is 0 Å². The van der Waals surface area contributed by atoms with Crippen molar-refractivity contribution in [3.63, 3.8) is 0 Å². The zero-order valence-corrected chi connectivity index (χ0v) is 13.0. The van der Waals surface area contributed by atoms with Crippen LogP contribution in [0.25, 0.3) is 0 Å². The molecule has 2 fully saturated rings. The van der Waals surface area contributed by atoms with Gasteiger partial charge in [0.25, 0.3) is 0 Å². The summed E-state index contributed by atoms with van der Waals surface area (Å²) in [6, 6.07) is 4.12. The van der Waals surface area contributed by atoms with Gasteiger partial charge in [0.05, 0.1) is 5.56 Å². The maximum absolute atomic E-state index is 12.7. The number of nitrogens with one attached hydrogen (secondary N) is 1. The number of hydrogen-bond donors (Lipinski definition) is 1. The third kappa shape index (κ3) is 3.30. The molecule has 1 N–H and O–H groups in total. The summed E-state index contributed by atoms with van der Waals surface area (Å²) in [4.78, 5) is 2.40. The molecule has 0 saturated carbocycles. The van der Waals surface area contributed by atoms with E-state index in [1.165, 1.54) is 31.4 Å². The van der Waals surface area contributed by atoms with E-state index in [9.17, 15) is 13.2 Å². The number of alkyl halides is 3. The van der Waals surface area contributed by atoms with Crippen LogP contribution in [-0.2, 0) is 12.7 Å². The Labute approximate surface area is 129 Å². The fraction of sp³-hybridized carbons (Fsp3) is 0.647. The molecule has 22 heavy (non-hydrogen) atoms. The zero-order chi connectivity index (χ0) is 15.8. The van der Waals surface area contributed by atoms with Crippen LogP contribution in [-0.4, -0.2) is 31.1 Å². The first-order chi connectivity index (χ1) is 10.4. The third-order valence-corrected chi connectivity index (χ3v) is 5.25. The number of piperidine rings is 1. The van der Waals surface area contributed by atoms with Crippen LogP contribution in [0.4, 0.5) is 13.2 Å². The molecule has 1 aromatic carbocycles. The second kappa shape index (κ2) is 5.85. The summed E-state index contributed by atoms with van der Waals surface area (Å²) in [5.74, 6) is 0. The minimum absolute atomic E-state index is 0.436. The molecule has 2 saturated heterocycles. The van der Waals surface area contributed by atoms with Gasteiger partial charge in [-0.3, -0.25) is 4.90 Å². The van der Waals surface area contributed by atoms with Crippen LogP contribution in [0.5, 0.6) is 0 Å². The SMILES string of the molecule is Cc1cc(C(F)(F)F)ccc1CN1CCC2(CCNCC2)C1. The lowest BCUT2D eigenvalue weighted by Crippen LogP contribution is -2.38. The van der Waals surface area contributed by atoms with Gasteiger partial charge >= 0.3 is 6.18 Å². The number of nitrogens with zero attached hydrogens (tertiary/aromatic N) is 1. The molecule has 3 rings (SSSR count). The van der Waals surface area contributed by atoms with Crippen molar-refractivity contribution < 1.29 is 13.2 Å². The van der Waals surface area contributed by atoms with E-state index in [0.717, 1.165) is 43.9 Å². The highest BCUT2D eigenvalue weighted by atomic mass is 19.4. The van der Waals surface area contributed by atoms with E-state index in [2.05, 4.69) is 10.2 Å². The first-order valence-corrected chi connectivity index (χ1v) is 7.98. The Morgan fingerprint density at radius 2 is 1.91 bits per heavy atom. The molecule has 5 heteroatoms. The first-order valence-electron chi connectivity index (χ1n) is 7.98. The average Bonchev–Trinajstić information content (AvgIpc) is 2.83. The Hall–Kier alpha value is -1.07. The van der Waals surface area contributed by atoms with Gasteiger partial charge in [-0.1, -0.05) is 6.07 Å². The summed E-state index contributed by atoms with van der Waals surface area (Å²) in [6.45, 7) is 6.86. The van der Waals surface area contributed by atoms with Crippen molar-refractivity contribution in [2.24, 2.45) is 5.41 Å². The summed E-state index contributed by atoms with van der Waals surface area (Å²) in [7, 11) is 0. The summed E-state index contributed by atoms with van der Waals surface area (Å²) in [5, 5.41) is 3.40. The zero-order valence-electron chi connectivity index (χ0n) is 13.0. The number of halogens is 3. The Bertz CT molecular complexity index is 533. The number of hydrogen-bond acceptors (Lipinski definition) is 2. The predicted molar refractivity (Wildman–Crippen MR) is 80.6 cm³/mol. The van der Waals surface area contributed by atoms with Crippen molar-refractivity contribution in [1.29, 1.82) is 0 Å². The summed E-state index contributed by atoms with van der Waals surface area (Å²) < 4.78 is 38.2. The Morgan fingerprint density at radius 3 is 2.55 bits per heavy atom. The van der Waals surface area contributed by atoms with Crippen LogP contribution in [0.3, 0.4) is 0 Å². The van der Waals surface area contributed by atoms with E-state index in [1.54, 1.807) is 13.0 Å². The van der Waals surface area contributed by atoms with Crippen molar-refractivity contribution in [3.8, 4) is 0 Å². The molecule has 1 spiro atoms. The van der Waals surface area contributed by atoms with Crippen molar-refractivity contribution in [1.82, 2.24) is 10.2 Å². The number of benzene rings is 1. The van der Waals surface area contributed by atoms with Gasteiger partial charge in [0.1, 0.15) is 0 Å². The molecular formula is C17H23F3N2. The van der Waals surface area contributed by atoms with Crippen LogP contribution in [0, 0.1) is 12.3 Å². The van der Waals surface area contributed by atoms with E-state index in [-0.39, 0.29) is 0 Å². The van der Waals surface area contributed by atoms with Gasteiger partial charge in [-0.05, 0) is 74.5 Å². The number of aryl methyl sites for hydroxylation is 1. The molecule has 2 heterocycles. The molecule has 0 atom stereocenters. The lowest BCUT2D eigenvalue weighted by molar-refractivity contribution is -0.137. The van der Waals surface area contributed by atoms with Gasteiger partial charge < -0.3 is 5.32 Å². The van der Waals surface area contributed by atoms with E-state index in [4.69, 9.17) is 0 Å². The molecule has 0 radical (unpaired) electrons. The maximum Gasteiger partial charge on any atom is 0.416 e. The lowest BCUT2D eigenvalue weighted by Gasteiger charge is -2.34. The Balaban J connectivity index is 1.67. The molecule has 0 unspecified atom stereocenters. The van der Waals surface area contributed by atoms with Crippen LogP contribution in [0.2, 0.25) is 0 Å². The molecule has 1 aromatic rings. The molecular weight excluding hydrogens is 289 g/mol. The lowest BCUT2D eigenvalue weighted by atomic mass is 9.78. The maximum atomic E-state index is 12.7. The van der Waals surface area contributed by atoms with E-state index >= 15 is 0 Å². The molecule has 0 aliphatic carbocycles.